The van der Waals surface area contributed by atoms with Crippen LogP contribution in [0, 0.1) is 12.8 Å². The van der Waals surface area contributed by atoms with E-state index in [4.69, 9.17) is 0 Å². The van der Waals surface area contributed by atoms with Crippen molar-refractivity contribution in [2.24, 2.45) is 5.92 Å². The zero-order valence-corrected chi connectivity index (χ0v) is 11.5. The van der Waals surface area contributed by atoms with Crippen molar-refractivity contribution in [2.75, 3.05) is 18.0 Å². The van der Waals surface area contributed by atoms with Crippen LogP contribution in [-0.4, -0.2) is 27.6 Å². The van der Waals surface area contributed by atoms with E-state index in [1.165, 1.54) is 6.20 Å². The molecule has 0 unspecified atom stereocenters. The van der Waals surface area contributed by atoms with Gasteiger partial charge in [0, 0.05) is 49.8 Å². The topological polar surface area (TPSA) is 34.0 Å². The van der Waals surface area contributed by atoms with E-state index in [0.717, 1.165) is 31.5 Å². The molecule has 0 amide bonds. The molecule has 0 saturated carbocycles. The Balaban J connectivity index is 1.63. The van der Waals surface area contributed by atoms with Crippen LogP contribution in [0.5, 0.6) is 0 Å². The number of aryl methyl sites for hydroxylation is 1. The first-order chi connectivity index (χ1) is 9.93. The second kappa shape index (κ2) is 5.05. The lowest BCUT2D eigenvalue weighted by atomic mass is 9.99. The molecule has 0 aliphatic carbocycles. The maximum Gasteiger partial charge on any atom is 0.433 e. The highest BCUT2D eigenvalue weighted by Gasteiger charge is 2.34. The summed E-state index contributed by atoms with van der Waals surface area (Å²) in [7, 11) is 0. The van der Waals surface area contributed by atoms with Gasteiger partial charge in [-0.05, 0) is 19.1 Å². The standard InChI is InChI=1S/C14H15F3N4/c1-10-18-4-5-20(10)7-11-8-21(9-11)12-2-3-19-13(6-12)14(15,16)17/h2-6,11H,7-9H2,1H3. The number of nitrogens with zero attached hydrogens (tertiary/aromatic N) is 4. The van der Waals surface area contributed by atoms with Crippen LogP contribution in [0.15, 0.2) is 30.7 Å². The van der Waals surface area contributed by atoms with Crippen LogP contribution in [-0.2, 0) is 12.7 Å². The second-order valence-corrected chi connectivity index (χ2v) is 5.29. The monoisotopic (exact) mass is 296 g/mol. The van der Waals surface area contributed by atoms with Crippen molar-refractivity contribution in [3.05, 3.63) is 42.2 Å². The molecular formula is C14H15F3N4. The van der Waals surface area contributed by atoms with Crippen molar-refractivity contribution in [1.29, 1.82) is 0 Å². The van der Waals surface area contributed by atoms with Crippen LogP contribution in [0.4, 0.5) is 18.9 Å². The first kappa shape index (κ1) is 13.9. The number of alkyl halides is 3. The van der Waals surface area contributed by atoms with Gasteiger partial charge in [0.1, 0.15) is 11.5 Å². The maximum absolute atomic E-state index is 12.6. The molecule has 0 N–H and O–H groups in total. The van der Waals surface area contributed by atoms with Gasteiger partial charge in [-0.3, -0.25) is 4.98 Å². The number of hydrogen-bond donors (Lipinski definition) is 0. The average molecular weight is 296 g/mol. The summed E-state index contributed by atoms with van der Waals surface area (Å²) in [5.74, 6) is 1.39. The normalized spacial score (nSPS) is 16.1. The van der Waals surface area contributed by atoms with E-state index < -0.39 is 11.9 Å². The molecule has 2 aromatic rings. The average Bonchev–Trinajstić information content (AvgIpc) is 2.78. The van der Waals surface area contributed by atoms with Gasteiger partial charge >= 0.3 is 6.18 Å². The van der Waals surface area contributed by atoms with E-state index in [9.17, 15) is 13.2 Å². The molecular weight excluding hydrogens is 281 g/mol. The Morgan fingerprint density at radius 3 is 2.62 bits per heavy atom. The summed E-state index contributed by atoms with van der Waals surface area (Å²) in [6.45, 7) is 4.28. The Bertz CT molecular complexity index is 629. The minimum Gasteiger partial charge on any atom is -0.371 e. The largest absolute Gasteiger partial charge is 0.433 e. The highest BCUT2D eigenvalue weighted by Crippen LogP contribution is 2.32. The molecule has 1 aliphatic rings. The van der Waals surface area contributed by atoms with Crippen LogP contribution in [0.3, 0.4) is 0 Å². The first-order valence-electron chi connectivity index (χ1n) is 6.69. The molecule has 0 bridgehead atoms. The number of hydrogen-bond acceptors (Lipinski definition) is 3. The number of imidazole rings is 1. The van der Waals surface area contributed by atoms with Crippen LogP contribution in [0.2, 0.25) is 0 Å². The van der Waals surface area contributed by atoms with Gasteiger partial charge in [0.15, 0.2) is 0 Å². The highest BCUT2D eigenvalue weighted by molar-refractivity contribution is 5.49. The van der Waals surface area contributed by atoms with Crippen LogP contribution < -0.4 is 4.90 Å². The highest BCUT2D eigenvalue weighted by atomic mass is 19.4. The summed E-state index contributed by atoms with van der Waals surface area (Å²) < 4.78 is 40.0. The van der Waals surface area contributed by atoms with E-state index in [2.05, 4.69) is 14.5 Å². The Morgan fingerprint density at radius 1 is 1.24 bits per heavy atom. The first-order valence-corrected chi connectivity index (χ1v) is 6.69. The molecule has 112 valence electrons. The molecule has 0 spiro atoms. The van der Waals surface area contributed by atoms with Gasteiger partial charge in [0.2, 0.25) is 0 Å². The number of anilines is 1. The summed E-state index contributed by atoms with van der Waals surface area (Å²) in [6.07, 6.45) is 0.496. The Hall–Kier alpha value is -2.05. The van der Waals surface area contributed by atoms with Gasteiger partial charge in [0.25, 0.3) is 0 Å². The van der Waals surface area contributed by atoms with Crippen LogP contribution >= 0.6 is 0 Å². The van der Waals surface area contributed by atoms with E-state index in [0.29, 0.717) is 11.6 Å². The van der Waals surface area contributed by atoms with Crippen LogP contribution in [0.1, 0.15) is 11.5 Å². The minimum absolute atomic E-state index is 0.431. The van der Waals surface area contributed by atoms with Gasteiger partial charge in [-0.1, -0.05) is 0 Å². The third kappa shape index (κ3) is 2.86. The van der Waals surface area contributed by atoms with Gasteiger partial charge < -0.3 is 9.47 Å². The fraction of sp³-hybridized carbons (Fsp3) is 0.429. The summed E-state index contributed by atoms with van der Waals surface area (Å²) in [5, 5.41) is 0. The smallest absolute Gasteiger partial charge is 0.371 e. The van der Waals surface area contributed by atoms with Gasteiger partial charge in [-0.15, -0.1) is 0 Å². The Morgan fingerprint density at radius 2 is 2.00 bits per heavy atom. The molecule has 1 fully saturated rings. The number of pyridine rings is 1. The number of halogens is 3. The molecule has 1 aliphatic heterocycles. The molecule has 3 rings (SSSR count). The Kier molecular flexibility index (Phi) is 3.35. The lowest BCUT2D eigenvalue weighted by Crippen LogP contribution is -2.48. The zero-order chi connectivity index (χ0) is 15.0. The molecule has 21 heavy (non-hydrogen) atoms. The predicted octanol–water partition coefficient (Wildman–Crippen LogP) is 2.74. The SMILES string of the molecule is Cc1nccn1CC1CN(c2ccnc(C(F)(F)F)c2)C1. The molecule has 4 nitrogen and oxygen atoms in total. The summed E-state index contributed by atoms with van der Waals surface area (Å²) in [4.78, 5) is 9.48. The van der Waals surface area contributed by atoms with Gasteiger partial charge in [-0.25, -0.2) is 4.98 Å². The van der Waals surface area contributed by atoms with Crippen molar-refractivity contribution in [3.8, 4) is 0 Å². The molecule has 7 heteroatoms. The van der Waals surface area contributed by atoms with Gasteiger partial charge in [0.05, 0.1) is 0 Å². The van der Waals surface area contributed by atoms with Crippen molar-refractivity contribution in [2.45, 2.75) is 19.6 Å². The summed E-state index contributed by atoms with van der Waals surface area (Å²) in [6, 6.07) is 2.73. The van der Waals surface area contributed by atoms with Crippen molar-refractivity contribution in [1.82, 2.24) is 14.5 Å². The predicted molar refractivity (Wildman–Crippen MR) is 71.9 cm³/mol. The fourth-order valence-electron chi connectivity index (χ4n) is 2.54. The molecule has 0 atom stereocenters. The van der Waals surface area contributed by atoms with Crippen molar-refractivity contribution >= 4 is 5.69 Å². The van der Waals surface area contributed by atoms with E-state index in [-0.39, 0.29) is 0 Å². The molecule has 0 radical (unpaired) electrons. The fourth-order valence-corrected chi connectivity index (χ4v) is 2.54. The summed E-state index contributed by atoms with van der Waals surface area (Å²) >= 11 is 0. The molecule has 3 heterocycles. The number of rotatable bonds is 3. The number of aromatic nitrogens is 3. The van der Waals surface area contributed by atoms with E-state index >= 15 is 0 Å². The van der Waals surface area contributed by atoms with Crippen molar-refractivity contribution in [3.63, 3.8) is 0 Å². The third-order valence-corrected chi connectivity index (χ3v) is 3.73. The molecule has 1 saturated heterocycles. The summed E-state index contributed by atoms with van der Waals surface area (Å²) in [5.41, 5.74) is -0.259. The quantitative estimate of drug-likeness (QED) is 0.873. The lowest BCUT2D eigenvalue weighted by Gasteiger charge is -2.41. The van der Waals surface area contributed by atoms with Gasteiger partial charge in [-0.2, -0.15) is 13.2 Å². The zero-order valence-electron chi connectivity index (χ0n) is 11.5. The molecule has 2 aromatic heterocycles. The van der Waals surface area contributed by atoms with E-state index in [1.54, 1.807) is 12.3 Å². The van der Waals surface area contributed by atoms with E-state index in [1.807, 2.05) is 18.0 Å². The minimum atomic E-state index is -4.39. The maximum atomic E-state index is 12.6. The van der Waals surface area contributed by atoms with Crippen LogP contribution in [0.25, 0.3) is 0 Å². The Labute approximate surface area is 120 Å². The third-order valence-electron chi connectivity index (χ3n) is 3.73. The van der Waals surface area contributed by atoms with Crippen molar-refractivity contribution < 1.29 is 13.2 Å². The molecule has 0 aromatic carbocycles. The second-order valence-electron chi connectivity index (χ2n) is 5.29. The lowest BCUT2D eigenvalue weighted by molar-refractivity contribution is -0.141.